The Morgan fingerprint density at radius 3 is 2.18 bits per heavy atom. The highest BCUT2D eigenvalue weighted by Crippen LogP contribution is 2.02. The lowest BCUT2D eigenvalue weighted by molar-refractivity contribution is -0.122. The molecule has 0 radical (unpaired) electrons. The average molecular weight is 243 g/mol. The van der Waals surface area contributed by atoms with Crippen LogP contribution in [-0.2, 0) is 9.59 Å². The highest BCUT2D eigenvalue weighted by molar-refractivity contribution is 5.79. The van der Waals surface area contributed by atoms with Crippen molar-refractivity contribution >= 4 is 11.8 Å². The van der Waals surface area contributed by atoms with Crippen molar-refractivity contribution in [3.05, 3.63) is 0 Å². The van der Waals surface area contributed by atoms with Crippen LogP contribution in [0, 0.1) is 5.92 Å². The summed E-state index contributed by atoms with van der Waals surface area (Å²) in [6.45, 7) is 8.13. The van der Waals surface area contributed by atoms with Gasteiger partial charge in [0.2, 0.25) is 11.8 Å². The summed E-state index contributed by atoms with van der Waals surface area (Å²) in [5.41, 5.74) is 5.77. The van der Waals surface area contributed by atoms with Crippen LogP contribution in [0.1, 0.15) is 40.5 Å². The average Bonchev–Trinajstić information content (AvgIpc) is 2.15. The third kappa shape index (κ3) is 8.68. The second kappa shape index (κ2) is 8.06. The Kier molecular flexibility index (Phi) is 7.54. The van der Waals surface area contributed by atoms with Gasteiger partial charge in [0, 0.05) is 31.5 Å². The maximum atomic E-state index is 11.4. The van der Waals surface area contributed by atoms with E-state index >= 15 is 0 Å². The number of hydrogen-bond acceptors (Lipinski definition) is 3. The molecule has 0 saturated carbocycles. The van der Waals surface area contributed by atoms with Gasteiger partial charge >= 0.3 is 0 Å². The minimum absolute atomic E-state index is 0.0477. The van der Waals surface area contributed by atoms with Crippen LogP contribution in [-0.4, -0.2) is 30.4 Å². The van der Waals surface area contributed by atoms with E-state index in [0.717, 1.165) is 0 Å². The van der Waals surface area contributed by atoms with Crippen LogP contribution in [0.15, 0.2) is 0 Å². The van der Waals surface area contributed by atoms with Gasteiger partial charge in [-0.3, -0.25) is 9.59 Å². The SMILES string of the molecule is CC(C)NC(=O)CCNC(=O)CC(N)C(C)C. The summed E-state index contributed by atoms with van der Waals surface area (Å²) in [6.07, 6.45) is 0.615. The molecule has 5 heteroatoms. The Labute approximate surface area is 104 Å². The lowest BCUT2D eigenvalue weighted by Gasteiger charge is -2.15. The van der Waals surface area contributed by atoms with Gasteiger partial charge in [-0.1, -0.05) is 13.8 Å². The molecule has 0 aromatic heterocycles. The Hall–Kier alpha value is -1.10. The van der Waals surface area contributed by atoms with Crippen LogP contribution in [0.4, 0.5) is 0 Å². The molecule has 0 rings (SSSR count). The zero-order valence-electron chi connectivity index (χ0n) is 11.2. The van der Waals surface area contributed by atoms with Crippen molar-refractivity contribution in [1.82, 2.24) is 10.6 Å². The summed E-state index contributed by atoms with van der Waals surface area (Å²) in [4.78, 5) is 22.7. The molecular weight excluding hydrogens is 218 g/mol. The molecule has 17 heavy (non-hydrogen) atoms. The standard InChI is InChI=1S/C12H25N3O2/c1-8(2)10(13)7-12(17)14-6-5-11(16)15-9(3)4/h8-10H,5-7,13H2,1-4H3,(H,14,17)(H,15,16). The van der Waals surface area contributed by atoms with Crippen LogP contribution in [0.3, 0.4) is 0 Å². The molecule has 1 atom stereocenters. The largest absolute Gasteiger partial charge is 0.356 e. The van der Waals surface area contributed by atoms with E-state index in [1.165, 1.54) is 0 Å². The van der Waals surface area contributed by atoms with E-state index in [2.05, 4.69) is 10.6 Å². The first-order chi connectivity index (χ1) is 7.82. The first-order valence-electron chi connectivity index (χ1n) is 6.14. The Morgan fingerprint density at radius 2 is 1.71 bits per heavy atom. The Morgan fingerprint density at radius 1 is 1.12 bits per heavy atom. The molecule has 0 spiro atoms. The van der Waals surface area contributed by atoms with Crippen molar-refractivity contribution in [3.8, 4) is 0 Å². The molecule has 2 amide bonds. The molecule has 0 aromatic rings. The van der Waals surface area contributed by atoms with Gasteiger partial charge in [0.25, 0.3) is 0 Å². The van der Waals surface area contributed by atoms with Gasteiger partial charge in [-0.2, -0.15) is 0 Å². The van der Waals surface area contributed by atoms with E-state index < -0.39 is 0 Å². The fraction of sp³-hybridized carbons (Fsp3) is 0.833. The Bertz CT molecular complexity index is 252. The van der Waals surface area contributed by atoms with Gasteiger partial charge in [0.05, 0.1) is 0 Å². The topological polar surface area (TPSA) is 84.2 Å². The van der Waals surface area contributed by atoms with Crippen LogP contribution in [0.25, 0.3) is 0 Å². The van der Waals surface area contributed by atoms with Crippen LogP contribution in [0.2, 0.25) is 0 Å². The number of carbonyl (C=O) groups excluding carboxylic acids is 2. The minimum Gasteiger partial charge on any atom is -0.356 e. The summed E-state index contributed by atoms with van der Waals surface area (Å²) in [7, 11) is 0. The summed E-state index contributed by atoms with van der Waals surface area (Å²) in [5, 5.41) is 5.45. The van der Waals surface area contributed by atoms with Gasteiger partial charge in [0.1, 0.15) is 0 Å². The van der Waals surface area contributed by atoms with Crippen LogP contribution in [0.5, 0.6) is 0 Å². The fourth-order valence-electron chi connectivity index (χ4n) is 1.23. The zero-order chi connectivity index (χ0) is 13.4. The fourth-order valence-corrected chi connectivity index (χ4v) is 1.23. The molecular formula is C12H25N3O2. The van der Waals surface area contributed by atoms with Crippen molar-refractivity contribution in [2.45, 2.75) is 52.6 Å². The molecule has 0 aliphatic rings. The Balaban J connectivity index is 3.68. The maximum Gasteiger partial charge on any atom is 0.221 e. The molecule has 4 N–H and O–H groups in total. The van der Waals surface area contributed by atoms with Gasteiger partial charge in [-0.05, 0) is 19.8 Å². The van der Waals surface area contributed by atoms with E-state index in [1.54, 1.807) is 0 Å². The highest BCUT2D eigenvalue weighted by atomic mass is 16.2. The van der Waals surface area contributed by atoms with Gasteiger partial charge in [-0.15, -0.1) is 0 Å². The van der Waals surface area contributed by atoms with Crippen molar-refractivity contribution in [1.29, 1.82) is 0 Å². The molecule has 0 bridgehead atoms. The number of rotatable bonds is 7. The third-order valence-electron chi connectivity index (χ3n) is 2.40. The first-order valence-corrected chi connectivity index (χ1v) is 6.14. The second-order valence-electron chi connectivity index (χ2n) is 4.93. The van der Waals surface area contributed by atoms with Crippen LogP contribution < -0.4 is 16.4 Å². The first kappa shape index (κ1) is 15.9. The molecule has 0 aliphatic heterocycles. The maximum absolute atomic E-state index is 11.4. The quantitative estimate of drug-likeness (QED) is 0.605. The highest BCUT2D eigenvalue weighted by Gasteiger charge is 2.12. The lowest BCUT2D eigenvalue weighted by Crippen LogP contribution is -2.37. The smallest absolute Gasteiger partial charge is 0.221 e. The molecule has 100 valence electrons. The molecule has 1 unspecified atom stereocenters. The molecule has 0 heterocycles. The van der Waals surface area contributed by atoms with Gasteiger partial charge in [-0.25, -0.2) is 0 Å². The third-order valence-corrected chi connectivity index (χ3v) is 2.40. The minimum atomic E-state index is -0.125. The molecule has 0 fully saturated rings. The number of hydrogen-bond donors (Lipinski definition) is 3. The molecule has 0 aromatic carbocycles. The zero-order valence-corrected chi connectivity index (χ0v) is 11.2. The summed E-state index contributed by atoms with van der Waals surface area (Å²) < 4.78 is 0. The predicted molar refractivity (Wildman–Crippen MR) is 68.3 cm³/mol. The predicted octanol–water partition coefficient (Wildman–Crippen LogP) is 0.391. The van der Waals surface area contributed by atoms with Crippen molar-refractivity contribution in [2.75, 3.05) is 6.54 Å². The van der Waals surface area contributed by atoms with E-state index in [0.29, 0.717) is 19.4 Å². The molecule has 0 aliphatic carbocycles. The van der Waals surface area contributed by atoms with E-state index in [9.17, 15) is 9.59 Å². The number of carbonyl (C=O) groups is 2. The van der Waals surface area contributed by atoms with E-state index in [-0.39, 0.29) is 29.8 Å². The van der Waals surface area contributed by atoms with E-state index in [4.69, 9.17) is 5.73 Å². The normalized spacial score (nSPS) is 12.6. The number of nitrogens with one attached hydrogen (secondary N) is 2. The van der Waals surface area contributed by atoms with E-state index in [1.807, 2.05) is 27.7 Å². The monoisotopic (exact) mass is 243 g/mol. The van der Waals surface area contributed by atoms with Gasteiger partial charge < -0.3 is 16.4 Å². The summed E-state index contributed by atoms with van der Waals surface area (Å²) in [6, 6.07) is 0.00653. The lowest BCUT2D eigenvalue weighted by atomic mass is 10.0. The number of amides is 2. The molecule has 0 saturated heterocycles. The van der Waals surface area contributed by atoms with Crippen molar-refractivity contribution in [2.24, 2.45) is 11.7 Å². The van der Waals surface area contributed by atoms with Crippen molar-refractivity contribution < 1.29 is 9.59 Å². The second-order valence-corrected chi connectivity index (χ2v) is 4.93. The van der Waals surface area contributed by atoms with Crippen LogP contribution >= 0.6 is 0 Å². The van der Waals surface area contributed by atoms with Gasteiger partial charge in [0.15, 0.2) is 0 Å². The summed E-state index contributed by atoms with van der Waals surface area (Å²) in [5.74, 6) is 0.141. The molecule has 5 nitrogen and oxygen atoms in total. The number of nitrogens with two attached hydrogens (primary N) is 1. The summed E-state index contributed by atoms with van der Waals surface area (Å²) >= 11 is 0. The van der Waals surface area contributed by atoms with Crippen molar-refractivity contribution in [3.63, 3.8) is 0 Å².